The third-order valence-electron chi connectivity index (χ3n) is 8.37. The molecule has 0 radical (unpaired) electrons. The van der Waals surface area contributed by atoms with Crippen molar-refractivity contribution in [2.24, 2.45) is 17.8 Å². The van der Waals surface area contributed by atoms with E-state index in [0.29, 0.717) is 18.6 Å². The fourth-order valence-electron chi connectivity index (χ4n) is 7.36. The van der Waals surface area contributed by atoms with Crippen LogP contribution in [-0.4, -0.2) is 40.5 Å². The summed E-state index contributed by atoms with van der Waals surface area (Å²) in [5.41, 5.74) is -1.29. The number of hydrogen-bond donors (Lipinski definition) is 3. The molecule has 1 aromatic heterocycles. The molecule has 0 spiro atoms. The van der Waals surface area contributed by atoms with Crippen LogP contribution in [0.3, 0.4) is 0 Å². The van der Waals surface area contributed by atoms with Crippen molar-refractivity contribution in [2.75, 3.05) is 18.1 Å². The fourth-order valence-corrected chi connectivity index (χ4v) is 8.64. The summed E-state index contributed by atoms with van der Waals surface area (Å²) in [5.74, 6) is 3.70. The van der Waals surface area contributed by atoms with Crippen molar-refractivity contribution < 1.29 is 19.1 Å². The highest BCUT2D eigenvalue weighted by Crippen LogP contribution is 2.55. The standard InChI is InChI=1S/C25H34N2O5S/c1-15-6-19(28)22(31)23(32-15)24(2-4-33-5-3-24)13-20(29)26-14-21(30)27-25-10-16-7-17(11-25)9-18(8-16)12-25/h6,16-18,31H,2-5,7-14H2,1H3,(H,26,29)(H,27,30). The van der Waals surface area contributed by atoms with Crippen molar-refractivity contribution in [1.82, 2.24) is 10.6 Å². The second-order valence-corrected chi connectivity index (χ2v) is 12.2. The van der Waals surface area contributed by atoms with Gasteiger partial charge in [0.2, 0.25) is 23.0 Å². The minimum absolute atomic E-state index is 0.0465. The van der Waals surface area contributed by atoms with Gasteiger partial charge in [-0.3, -0.25) is 14.4 Å². The predicted octanol–water partition coefficient (Wildman–Crippen LogP) is 3.01. The van der Waals surface area contributed by atoms with Crippen LogP contribution >= 0.6 is 11.8 Å². The summed E-state index contributed by atoms with van der Waals surface area (Å²) in [6, 6.07) is 1.26. The minimum atomic E-state index is -0.735. The highest BCUT2D eigenvalue weighted by molar-refractivity contribution is 7.99. The number of thioether (sulfide) groups is 1. The smallest absolute Gasteiger partial charge is 0.239 e. The largest absolute Gasteiger partial charge is 0.502 e. The number of rotatable bonds is 6. The molecule has 4 bridgehead atoms. The molecule has 4 saturated carbocycles. The van der Waals surface area contributed by atoms with Gasteiger partial charge in [-0.05, 0) is 87.5 Å². The molecule has 180 valence electrons. The number of carbonyl (C=O) groups is 2. The topological polar surface area (TPSA) is 109 Å². The molecule has 1 aliphatic heterocycles. The van der Waals surface area contributed by atoms with Gasteiger partial charge in [-0.1, -0.05) is 0 Å². The molecule has 0 aromatic carbocycles. The molecule has 2 heterocycles. The van der Waals surface area contributed by atoms with E-state index in [1.165, 1.54) is 25.3 Å². The average molecular weight is 475 g/mol. The Labute approximate surface area is 198 Å². The van der Waals surface area contributed by atoms with Gasteiger partial charge in [0.25, 0.3) is 0 Å². The Morgan fingerprint density at radius 1 is 1.09 bits per heavy atom. The predicted molar refractivity (Wildman–Crippen MR) is 126 cm³/mol. The number of aryl methyl sites for hydroxylation is 1. The molecule has 3 N–H and O–H groups in total. The first-order chi connectivity index (χ1) is 15.8. The maximum absolute atomic E-state index is 12.9. The van der Waals surface area contributed by atoms with Gasteiger partial charge in [-0.25, -0.2) is 0 Å². The first-order valence-corrected chi connectivity index (χ1v) is 13.4. The highest BCUT2D eigenvalue weighted by Gasteiger charge is 2.51. The van der Waals surface area contributed by atoms with Gasteiger partial charge in [0.15, 0.2) is 5.76 Å². The van der Waals surface area contributed by atoms with Crippen LogP contribution in [0.25, 0.3) is 0 Å². The van der Waals surface area contributed by atoms with Crippen LogP contribution in [0.1, 0.15) is 69.3 Å². The molecule has 0 unspecified atom stereocenters. The van der Waals surface area contributed by atoms with E-state index in [-0.39, 0.29) is 36.1 Å². The van der Waals surface area contributed by atoms with Crippen molar-refractivity contribution in [3.05, 3.63) is 27.8 Å². The Bertz CT molecular complexity index is 962. The minimum Gasteiger partial charge on any atom is -0.502 e. The van der Waals surface area contributed by atoms with E-state index < -0.39 is 16.6 Å². The maximum atomic E-state index is 12.9. The van der Waals surface area contributed by atoms with E-state index in [0.717, 1.165) is 48.5 Å². The van der Waals surface area contributed by atoms with E-state index in [1.54, 1.807) is 18.7 Å². The SMILES string of the molecule is Cc1cc(=O)c(O)c(C2(CC(=O)NCC(=O)NC34CC5CC(CC(C5)C3)C4)CCSCC2)o1. The van der Waals surface area contributed by atoms with Crippen molar-refractivity contribution in [2.45, 2.75) is 75.7 Å². The van der Waals surface area contributed by atoms with Gasteiger partial charge < -0.3 is 20.2 Å². The molecule has 0 atom stereocenters. The lowest BCUT2D eigenvalue weighted by Crippen LogP contribution is -2.61. The third-order valence-corrected chi connectivity index (χ3v) is 9.35. The van der Waals surface area contributed by atoms with Crippen molar-refractivity contribution in [3.63, 3.8) is 0 Å². The summed E-state index contributed by atoms with van der Waals surface area (Å²) in [6.07, 6.45) is 8.51. The van der Waals surface area contributed by atoms with Crippen LogP contribution in [0.4, 0.5) is 0 Å². The van der Waals surface area contributed by atoms with E-state index in [4.69, 9.17) is 4.42 Å². The number of aromatic hydroxyl groups is 1. The van der Waals surface area contributed by atoms with Gasteiger partial charge in [0.05, 0.1) is 6.54 Å². The Hall–Kier alpha value is -1.96. The molecule has 4 aliphatic carbocycles. The van der Waals surface area contributed by atoms with E-state index in [1.807, 2.05) is 0 Å². The molecule has 7 nitrogen and oxygen atoms in total. The van der Waals surface area contributed by atoms with Gasteiger partial charge in [-0.15, -0.1) is 0 Å². The molecule has 1 saturated heterocycles. The first kappa shape index (κ1) is 22.8. The van der Waals surface area contributed by atoms with Crippen molar-refractivity contribution in [3.8, 4) is 5.75 Å². The Kier molecular flexibility index (Phi) is 6.00. The second-order valence-electron chi connectivity index (χ2n) is 11.0. The van der Waals surface area contributed by atoms with Crippen LogP contribution in [0.2, 0.25) is 0 Å². The summed E-state index contributed by atoms with van der Waals surface area (Å²) in [6.45, 7) is 1.62. The summed E-state index contributed by atoms with van der Waals surface area (Å²) < 4.78 is 5.80. The lowest BCUT2D eigenvalue weighted by molar-refractivity contribution is -0.130. The van der Waals surface area contributed by atoms with Gasteiger partial charge in [0.1, 0.15) is 5.76 Å². The number of nitrogens with one attached hydrogen (secondary N) is 2. The highest BCUT2D eigenvalue weighted by atomic mass is 32.2. The maximum Gasteiger partial charge on any atom is 0.239 e. The molecule has 1 aromatic rings. The van der Waals surface area contributed by atoms with Gasteiger partial charge >= 0.3 is 0 Å². The fraction of sp³-hybridized carbons (Fsp3) is 0.720. The zero-order valence-electron chi connectivity index (χ0n) is 19.3. The summed E-state index contributed by atoms with van der Waals surface area (Å²) in [4.78, 5) is 37.9. The molecule has 8 heteroatoms. The Morgan fingerprint density at radius 2 is 1.70 bits per heavy atom. The Morgan fingerprint density at radius 3 is 2.30 bits per heavy atom. The Balaban J connectivity index is 1.23. The normalized spacial score (nSPS) is 31.8. The van der Waals surface area contributed by atoms with E-state index in [2.05, 4.69) is 10.6 Å². The molecule has 5 fully saturated rings. The zero-order chi connectivity index (χ0) is 23.2. The summed E-state index contributed by atoms with van der Waals surface area (Å²) in [7, 11) is 0. The summed E-state index contributed by atoms with van der Waals surface area (Å²) in [5, 5.41) is 16.5. The zero-order valence-corrected chi connectivity index (χ0v) is 20.1. The lowest BCUT2D eigenvalue weighted by Gasteiger charge is -2.56. The number of carbonyl (C=O) groups excluding carboxylic acids is 2. The van der Waals surface area contributed by atoms with Crippen LogP contribution in [-0.2, 0) is 15.0 Å². The quantitative estimate of drug-likeness (QED) is 0.585. The molecule has 2 amide bonds. The van der Waals surface area contributed by atoms with Crippen molar-refractivity contribution >= 4 is 23.6 Å². The van der Waals surface area contributed by atoms with Gasteiger partial charge in [0, 0.05) is 23.4 Å². The van der Waals surface area contributed by atoms with Crippen LogP contribution in [0, 0.1) is 24.7 Å². The molecular weight excluding hydrogens is 440 g/mol. The lowest BCUT2D eigenvalue weighted by atomic mass is 9.53. The number of amides is 2. The first-order valence-electron chi connectivity index (χ1n) is 12.3. The molecule has 6 rings (SSSR count). The number of hydrogen-bond acceptors (Lipinski definition) is 6. The molecular formula is C25H34N2O5S. The van der Waals surface area contributed by atoms with E-state index >= 15 is 0 Å². The van der Waals surface area contributed by atoms with Crippen molar-refractivity contribution in [1.29, 1.82) is 0 Å². The monoisotopic (exact) mass is 474 g/mol. The van der Waals surface area contributed by atoms with Crippen LogP contribution < -0.4 is 16.1 Å². The summed E-state index contributed by atoms with van der Waals surface area (Å²) >= 11 is 1.78. The third kappa shape index (κ3) is 4.55. The van der Waals surface area contributed by atoms with Crippen LogP contribution in [0.5, 0.6) is 5.75 Å². The molecule has 5 aliphatic rings. The van der Waals surface area contributed by atoms with E-state index in [9.17, 15) is 19.5 Å². The van der Waals surface area contributed by atoms with Crippen LogP contribution in [0.15, 0.2) is 15.3 Å². The molecule has 33 heavy (non-hydrogen) atoms. The van der Waals surface area contributed by atoms with Gasteiger partial charge in [-0.2, -0.15) is 11.8 Å². The average Bonchev–Trinajstić information content (AvgIpc) is 2.74. The second kappa shape index (κ2) is 8.67.